The van der Waals surface area contributed by atoms with Crippen LogP contribution >= 0.6 is 0 Å². The van der Waals surface area contributed by atoms with Gasteiger partial charge < -0.3 is 0 Å². The molecule has 12 nitrogen and oxygen atoms in total. The summed E-state index contributed by atoms with van der Waals surface area (Å²) < 4.78 is 103. The molecule has 0 saturated heterocycles. The third-order valence-corrected chi connectivity index (χ3v) is 0. The van der Waals surface area contributed by atoms with Crippen molar-refractivity contribution in [1.82, 2.24) is 0 Å². The Morgan fingerprint density at radius 1 is 0.474 bits per heavy atom. The van der Waals surface area contributed by atoms with Gasteiger partial charge in [-0.3, -0.25) is 0 Å². The first-order valence-electron chi connectivity index (χ1n) is 2.00. The van der Waals surface area contributed by atoms with Gasteiger partial charge in [0.2, 0.25) is 0 Å². The van der Waals surface area contributed by atoms with Crippen molar-refractivity contribution in [2.24, 2.45) is 0 Å². The van der Waals surface area contributed by atoms with E-state index in [1.54, 1.807) is 0 Å². The Balaban J connectivity index is -0.0000000192. The Labute approximate surface area is 165 Å². The van der Waals surface area contributed by atoms with Gasteiger partial charge in [0.25, 0.3) is 0 Å². The molecule has 113 valence electrons. The SMILES string of the molecule is O=[Se]([O-])[O-].O=[Se]([O-])[O-].O=[Se]([O-])[O-].O=[Se]([O-])[O-].[Cu+2].[Sn+4].[Zn+2]. The molecule has 19 heteroatoms. The van der Waals surface area contributed by atoms with E-state index in [1.807, 2.05) is 0 Å². The Morgan fingerprint density at radius 2 is 0.474 bits per heavy atom. The summed E-state index contributed by atoms with van der Waals surface area (Å²) >= 11 is -15.2. The fourth-order valence-electron chi connectivity index (χ4n) is 0. The summed E-state index contributed by atoms with van der Waals surface area (Å²) in [5, 5.41) is 0. The molecule has 0 heterocycles. The summed E-state index contributed by atoms with van der Waals surface area (Å²) in [7, 11) is 0. The maximum absolute atomic E-state index is 8.54. The van der Waals surface area contributed by atoms with Crippen molar-refractivity contribution in [3.63, 3.8) is 0 Å². The molecule has 1 radical (unpaired) electrons. The number of rotatable bonds is 0. The van der Waals surface area contributed by atoms with E-state index < -0.39 is 58.0 Å². The minimum atomic E-state index is -3.79. The molecule has 0 rings (SSSR count). The first kappa shape index (κ1) is 43.1. The van der Waals surface area contributed by atoms with Gasteiger partial charge in [-0.25, -0.2) is 0 Å². The molecule has 0 atom stereocenters. The van der Waals surface area contributed by atoms with Crippen LogP contribution in [0.25, 0.3) is 0 Å². The van der Waals surface area contributed by atoms with Crippen LogP contribution in [0.15, 0.2) is 0 Å². The molecule has 0 fully saturated rings. The van der Waals surface area contributed by atoms with E-state index >= 15 is 0 Å². The third kappa shape index (κ3) is 888. The van der Waals surface area contributed by atoms with Crippen molar-refractivity contribution >= 4 is 81.9 Å². The van der Waals surface area contributed by atoms with E-state index in [-0.39, 0.29) is 60.5 Å². The molecule has 0 aliphatic carbocycles. The van der Waals surface area contributed by atoms with Crippen LogP contribution in [-0.4, -0.2) is 81.9 Å². The third-order valence-electron chi connectivity index (χ3n) is 0. The van der Waals surface area contributed by atoms with E-state index in [9.17, 15) is 0 Å². The molecule has 0 unspecified atom stereocenters. The Bertz CT molecular complexity index is 170. The van der Waals surface area contributed by atoms with Crippen LogP contribution in [-0.2, 0) is 51.9 Å². The molecule has 0 aliphatic heterocycles. The van der Waals surface area contributed by atoms with Gasteiger partial charge in [-0.15, -0.1) is 0 Å². The first-order valence-corrected chi connectivity index (χ1v) is 10.4. The second-order valence-corrected chi connectivity index (χ2v) is 4.24. The summed E-state index contributed by atoms with van der Waals surface area (Å²) in [5.41, 5.74) is 0. The second kappa shape index (κ2) is 37.3. The average Bonchev–Trinajstić information content (AvgIpc) is 1.76. The van der Waals surface area contributed by atoms with E-state index in [0.29, 0.717) is 0 Å². The Kier molecular flexibility index (Phi) is 84.5. The van der Waals surface area contributed by atoms with Crippen LogP contribution in [0.1, 0.15) is 0 Å². The molecule has 0 amide bonds. The van der Waals surface area contributed by atoms with E-state index in [0.717, 1.165) is 0 Å². The minimum absolute atomic E-state index is 0. The predicted octanol–water partition coefficient (Wildman–Crippen LogP) is -11.9. The van der Waals surface area contributed by atoms with E-state index in [1.165, 1.54) is 0 Å². The smallest absolute Gasteiger partial charge is 2.00 e. The summed E-state index contributed by atoms with van der Waals surface area (Å²) in [6.45, 7) is 0. The molecular formula is CuO12Se4SnZn. The van der Waals surface area contributed by atoms with Crippen LogP contribution in [0, 0.1) is 0 Å². The van der Waals surface area contributed by atoms with Crippen molar-refractivity contribution in [3.05, 3.63) is 0 Å². The Morgan fingerprint density at radius 3 is 0.474 bits per heavy atom. The molecule has 0 N–H and O–H groups in total. The molecule has 0 aromatic heterocycles. The average molecular weight is 755 g/mol. The molecule has 0 bridgehead atoms. The maximum atomic E-state index is 8.54. The number of hydrogen-bond donors (Lipinski definition) is 0. The van der Waals surface area contributed by atoms with Crippen molar-refractivity contribution < 1.29 is 85.4 Å². The molecule has 0 aromatic rings. The summed E-state index contributed by atoms with van der Waals surface area (Å²) in [4.78, 5) is 0. The van der Waals surface area contributed by atoms with Crippen LogP contribution in [0.2, 0.25) is 0 Å². The first-order chi connectivity index (χ1) is 6.93. The zero-order valence-corrected chi connectivity index (χ0v) is 21.7. The van der Waals surface area contributed by atoms with Gasteiger partial charge in [0, 0.05) is 0 Å². The van der Waals surface area contributed by atoms with Crippen molar-refractivity contribution in [2.75, 3.05) is 0 Å². The molecular weight excluding hydrogens is 755 g/mol. The summed E-state index contributed by atoms with van der Waals surface area (Å²) in [5.74, 6) is 0. The molecule has 0 spiro atoms. The molecule has 0 aliphatic rings. The second-order valence-electron chi connectivity index (χ2n) is 0.816. The van der Waals surface area contributed by atoms with Gasteiger partial charge in [0.1, 0.15) is 0 Å². The van der Waals surface area contributed by atoms with Crippen molar-refractivity contribution in [3.8, 4) is 0 Å². The van der Waals surface area contributed by atoms with Crippen molar-refractivity contribution in [1.29, 1.82) is 0 Å². The van der Waals surface area contributed by atoms with Gasteiger partial charge in [-0.2, -0.15) is 0 Å². The van der Waals surface area contributed by atoms with E-state index in [2.05, 4.69) is 0 Å². The monoisotopic (exact) mass is 758 g/mol. The fourth-order valence-corrected chi connectivity index (χ4v) is 0. The van der Waals surface area contributed by atoms with Gasteiger partial charge in [-0.1, -0.05) is 0 Å². The predicted molar refractivity (Wildman–Crippen MR) is 31.5 cm³/mol. The van der Waals surface area contributed by atoms with Crippen LogP contribution in [0.4, 0.5) is 0 Å². The summed E-state index contributed by atoms with van der Waals surface area (Å²) in [6.07, 6.45) is 0. The zero-order chi connectivity index (χ0) is 14.3. The largest absolute Gasteiger partial charge is 4.00 e. The molecule has 0 saturated carbocycles. The van der Waals surface area contributed by atoms with Gasteiger partial charge >= 0.3 is 167 Å². The molecule has 19 heavy (non-hydrogen) atoms. The van der Waals surface area contributed by atoms with E-state index in [4.69, 9.17) is 48.8 Å². The van der Waals surface area contributed by atoms with Crippen molar-refractivity contribution in [2.45, 2.75) is 0 Å². The van der Waals surface area contributed by atoms with Crippen LogP contribution < -0.4 is 33.5 Å². The maximum Gasteiger partial charge on any atom is 4.00 e. The van der Waals surface area contributed by atoms with Crippen LogP contribution in [0.3, 0.4) is 0 Å². The minimum Gasteiger partial charge on any atom is 2.00 e. The van der Waals surface area contributed by atoms with Crippen LogP contribution in [0.5, 0.6) is 0 Å². The topological polar surface area (TPSA) is 253 Å². The zero-order valence-electron chi connectivity index (χ0n) is 8.04. The quantitative estimate of drug-likeness (QED) is 0.209. The summed E-state index contributed by atoms with van der Waals surface area (Å²) in [6, 6.07) is 0. The van der Waals surface area contributed by atoms with Gasteiger partial charge in [-0.05, 0) is 0 Å². The standard InChI is InChI=1S/Cu.4H2O3Se.Sn.Zn/c;4*1-4(2)3;;/h;4*(H2,1,2,3);;/q+2;;;;;+4;+2/p-8. The normalized spacial score (nSPS) is 7.37. The molecule has 0 aromatic carbocycles. The van der Waals surface area contributed by atoms with Gasteiger partial charge in [0.05, 0.1) is 0 Å². The Hall–Kier alpha value is 2.90. The fraction of sp³-hybridized carbons (Fsp3) is 0. The number of hydrogen-bond acceptors (Lipinski definition) is 12. The van der Waals surface area contributed by atoms with Gasteiger partial charge in [0.15, 0.2) is 0 Å².